The van der Waals surface area contributed by atoms with Crippen LogP contribution < -0.4 is 14.5 Å². The Bertz CT molecular complexity index is 658. The number of urea groups is 1. The monoisotopic (exact) mass is 284 g/mol. The van der Waals surface area contributed by atoms with E-state index in [0.29, 0.717) is 24.5 Å². The fourth-order valence-corrected chi connectivity index (χ4v) is 2.47. The number of para-hydroxylation sites is 1. The van der Waals surface area contributed by atoms with Crippen LogP contribution in [0.4, 0.5) is 16.2 Å². The summed E-state index contributed by atoms with van der Waals surface area (Å²) in [6, 6.07) is 14.4. The molecular weight excluding hydrogens is 268 g/mol. The number of rotatable bonds is 3. The van der Waals surface area contributed by atoms with Crippen LogP contribution in [0.1, 0.15) is 0 Å². The van der Waals surface area contributed by atoms with Gasteiger partial charge in [-0.3, -0.25) is 9.80 Å². The number of carbonyl (C=O) groups excluding carboxylic acids is 1. The van der Waals surface area contributed by atoms with Crippen molar-refractivity contribution >= 4 is 17.4 Å². The summed E-state index contributed by atoms with van der Waals surface area (Å²) in [7, 11) is 1.49. The third-order valence-corrected chi connectivity index (χ3v) is 3.55. The average Bonchev–Trinajstić information content (AvgIpc) is 2.90. The van der Waals surface area contributed by atoms with Gasteiger partial charge < -0.3 is 9.84 Å². The summed E-state index contributed by atoms with van der Waals surface area (Å²) < 4.78 is 5.02. The molecule has 21 heavy (non-hydrogen) atoms. The van der Waals surface area contributed by atoms with Crippen molar-refractivity contribution in [3.63, 3.8) is 0 Å². The standard InChI is InChI=1S/C16H16N2O3/c1-21-15-8-7-13(11-14(15)19)18-10-9-17(16(18)20)12-5-3-2-4-6-12/h2-8,11,19H,9-10H2,1H3. The van der Waals surface area contributed by atoms with Gasteiger partial charge in [-0.05, 0) is 24.3 Å². The molecule has 1 fully saturated rings. The molecule has 108 valence electrons. The number of nitrogens with zero attached hydrogens (tertiary/aromatic N) is 2. The van der Waals surface area contributed by atoms with Gasteiger partial charge in [0.25, 0.3) is 0 Å². The molecule has 5 heteroatoms. The van der Waals surface area contributed by atoms with E-state index in [4.69, 9.17) is 4.74 Å². The minimum Gasteiger partial charge on any atom is -0.504 e. The van der Waals surface area contributed by atoms with E-state index in [2.05, 4.69) is 0 Å². The van der Waals surface area contributed by atoms with Gasteiger partial charge in [0, 0.05) is 30.5 Å². The topological polar surface area (TPSA) is 53.0 Å². The molecule has 3 rings (SSSR count). The van der Waals surface area contributed by atoms with Gasteiger partial charge in [0.2, 0.25) is 0 Å². The highest BCUT2D eigenvalue weighted by atomic mass is 16.5. The Morgan fingerprint density at radius 1 is 1.00 bits per heavy atom. The van der Waals surface area contributed by atoms with E-state index in [1.807, 2.05) is 30.3 Å². The predicted octanol–water partition coefficient (Wildman–Crippen LogP) is 2.85. The van der Waals surface area contributed by atoms with E-state index < -0.39 is 0 Å². The molecule has 5 nitrogen and oxygen atoms in total. The SMILES string of the molecule is COc1ccc(N2CCN(c3ccccc3)C2=O)cc1O. The summed E-state index contributed by atoms with van der Waals surface area (Å²) in [5, 5.41) is 9.84. The quantitative estimate of drug-likeness (QED) is 0.943. The van der Waals surface area contributed by atoms with Gasteiger partial charge in [0.15, 0.2) is 11.5 Å². The largest absolute Gasteiger partial charge is 0.504 e. The Labute approximate surface area is 123 Å². The molecule has 2 amide bonds. The fraction of sp³-hybridized carbons (Fsp3) is 0.188. The minimum atomic E-state index is -0.0919. The molecule has 1 aliphatic rings. The Morgan fingerprint density at radius 2 is 1.67 bits per heavy atom. The number of aromatic hydroxyl groups is 1. The van der Waals surface area contributed by atoms with E-state index in [0.717, 1.165) is 5.69 Å². The molecule has 1 saturated heterocycles. The smallest absolute Gasteiger partial charge is 0.329 e. The first kappa shape index (κ1) is 13.3. The van der Waals surface area contributed by atoms with Crippen LogP contribution in [0, 0.1) is 0 Å². The van der Waals surface area contributed by atoms with E-state index in [1.165, 1.54) is 7.11 Å². The number of hydrogen-bond acceptors (Lipinski definition) is 3. The van der Waals surface area contributed by atoms with Crippen LogP contribution in [0.15, 0.2) is 48.5 Å². The lowest BCUT2D eigenvalue weighted by molar-refractivity contribution is 0.256. The molecule has 1 heterocycles. The number of carbonyl (C=O) groups is 1. The van der Waals surface area contributed by atoms with Gasteiger partial charge in [-0.1, -0.05) is 18.2 Å². The van der Waals surface area contributed by atoms with Crippen LogP contribution in [0.2, 0.25) is 0 Å². The maximum Gasteiger partial charge on any atom is 0.329 e. The Kier molecular flexibility index (Phi) is 3.39. The molecule has 0 bridgehead atoms. The van der Waals surface area contributed by atoms with Gasteiger partial charge in [0.1, 0.15) is 0 Å². The van der Waals surface area contributed by atoms with Crippen molar-refractivity contribution in [1.29, 1.82) is 0 Å². The number of hydrogen-bond donors (Lipinski definition) is 1. The van der Waals surface area contributed by atoms with Crippen molar-refractivity contribution in [1.82, 2.24) is 0 Å². The summed E-state index contributed by atoms with van der Waals surface area (Å²) >= 11 is 0. The van der Waals surface area contributed by atoms with Crippen LogP contribution in [-0.4, -0.2) is 31.3 Å². The number of phenolic OH excluding ortho intramolecular Hbond substituents is 1. The Morgan fingerprint density at radius 3 is 2.29 bits per heavy atom. The number of phenols is 1. The summed E-state index contributed by atoms with van der Waals surface area (Å²) in [6.07, 6.45) is 0. The first-order valence-corrected chi connectivity index (χ1v) is 6.72. The Balaban J connectivity index is 1.85. The predicted molar refractivity (Wildman–Crippen MR) is 81.2 cm³/mol. The lowest BCUT2D eigenvalue weighted by Crippen LogP contribution is -2.31. The Hall–Kier alpha value is -2.69. The van der Waals surface area contributed by atoms with Crippen LogP contribution >= 0.6 is 0 Å². The highest BCUT2D eigenvalue weighted by Gasteiger charge is 2.30. The lowest BCUT2D eigenvalue weighted by atomic mass is 10.2. The van der Waals surface area contributed by atoms with Gasteiger partial charge in [-0.15, -0.1) is 0 Å². The average molecular weight is 284 g/mol. The molecule has 0 radical (unpaired) electrons. The van der Waals surface area contributed by atoms with Gasteiger partial charge in [0.05, 0.1) is 7.11 Å². The summed E-state index contributed by atoms with van der Waals surface area (Å²) in [5.74, 6) is 0.422. The zero-order valence-corrected chi connectivity index (χ0v) is 11.7. The molecule has 1 aliphatic heterocycles. The van der Waals surface area contributed by atoms with Crippen molar-refractivity contribution in [2.75, 3.05) is 30.0 Å². The number of amides is 2. The van der Waals surface area contributed by atoms with Crippen molar-refractivity contribution < 1.29 is 14.6 Å². The molecule has 1 N–H and O–H groups in total. The van der Waals surface area contributed by atoms with E-state index in [9.17, 15) is 9.90 Å². The second-order valence-electron chi connectivity index (χ2n) is 4.78. The van der Waals surface area contributed by atoms with Crippen LogP contribution in [0.5, 0.6) is 11.5 Å². The van der Waals surface area contributed by atoms with Crippen molar-refractivity contribution in [3.05, 3.63) is 48.5 Å². The molecule has 2 aromatic carbocycles. The van der Waals surface area contributed by atoms with Crippen LogP contribution in [-0.2, 0) is 0 Å². The van der Waals surface area contributed by atoms with Crippen molar-refractivity contribution in [3.8, 4) is 11.5 Å². The second-order valence-corrected chi connectivity index (χ2v) is 4.78. The molecule has 0 atom stereocenters. The second kappa shape index (κ2) is 5.36. The van der Waals surface area contributed by atoms with Gasteiger partial charge in [-0.25, -0.2) is 4.79 Å². The third-order valence-electron chi connectivity index (χ3n) is 3.55. The van der Waals surface area contributed by atoms with E-state index >= 15 is 0 Å². The fourth-order valence-electron chi connectivity index (χ4n) is 2.47. The highest BCUT2D eigenvalue weighted by Crippen LogP contribution is 2.32. The van der Waals surface area contributed by atoms with Crippen molar-refractivity contribution in [2.45, 2.75) is 0 Å². The molecule has 0 aromatic heterocycles. The molecule has 0 spiro atoms. The zero-order valence-electron chi connectivity index (χ0n) is 11.7. The summed E-state index contributed by atoms with van der Waals surface area (Å²) in [4.78, 5) is 15.9. The molecule has 0 saturated carbocycles. The molecule has 0 aliphatic carbocycles. The zero-order chi connectivity index (χ0) is 14.8. The summed E-state index contributed by atoms with van der Waals surface area (Å²) in [5.41, 5.74) is 1.54. The van der Waals surface area contributed by atoms with Gasteiger partial charge in [-0.2, -0.15) is 0 Å². The third kappa shape index (κ3) is 2.38. The maximum absolute atomic E-state index is 12.5. The lowest BCUT2D eigenvalue weighted by Gasteiger charge is -2.19. The van der Waals surface area contributed by atoms with E-state index in [-0.39, 0.29) is 11.8 Å². The number of ether oxygens (including phenoxy) is 1. The maximum atomic E-state index is 12.5. The normalized spacial score (nSPS) is 14.6. The molecule has 0 unspecified atom stereocenters. The van der Waals surface area contributed by atoms with Crippen molar-refractivity contribution in [2.24, 2.45) is 0 Å². The minimum absolute atomic E-state index is 0.0287. The highest BCUT2D eigenvalue weighted by molar-refractivity contribution is 6.06. The first-order valence-electron chi connectivity index (χ1n) is 6.72. The summed E-state index contributed by atoms with van der Waals surface area (Å²) in [6.45, 7) is 1.20. The van der Waals surface area contributed by atoms with Gasteiger partial charge >= 0.3 is 6.03 Å². The number of benzene rings is 2. The van der Waals surface area contributed by atoms with Crippen LogP contribution in [0.3, 0.4) is 0 Å². The molecular formula is C16H16N2O3. The number of methoxy groups -OCH3 is 1. The first-order chi connectivity index (χ1) is 10.2. The number of anilines is 2. The van der Waals surface area contributed by atoms with Crippen LogP contribution in [0.25, 0.3) is 0 Å². The van der Waals surface area contributed by atoms with E-state index in [1.54, 1.807) is 28.0 Å². The molecule has 2 aromatic rings.